The topological polar surface area (TPSA) is 28.2 Å². The van der Waals surface area contributed by atoms with Crippen LogP contribution in [0.25, 0.3) is 0 Å². The molecule has 0 bridgehead atoms. The molecule has 1 aliphatic heterocycles. The van der Waals surface area contributed by atoms with Gasteiger partial charge in [-0.1, -0.05) is 6.08 Å². The minimum absolute atomic E-state index is 0.546. The lowest BCUT2D eigenvalue weighted by Crippen LogP contribution is -2.39. The van der Waals surface area contributed by atoms with E-state index in [2.05, 4.69) is 37.7 Å². The largest absolute Gasteiger partial charge is 0.367 e. The molecule has 4 heteroatoms. The molecule has 92 valence electrons. The fraction of sp³-hybridized carbons (Fsp3) is 0.462. The van der Waals surface area contributed by atoms with Crippen LogP contribution in [0.1, 0.15) is 12.8 Å². The van der Waals surface area contributed by atoms with E-state index in [-0.39, 0.29) is 0 Å². The van der Waals surface area contributed by atoms with Crippen molar-refractivity contribution in [2.75, 3.05) is 25.0 Å². The van der Waals surface area contributed by atoms with Crippen molar-refractivity contribution in [2.45, 2.75) is 18.9 Å². The smallest absolute Gasteiger partial charge is 0.126 e. The van der Waals surface area contributed by atoms with E-state index in [1.54, 1.807) is 0 Å². The Labute approximate surface area is 111 Å². The van der Waals surface area contributed by atoms with Crippen molar-refractivity contribution in [3.8, 4) is 0 Å². The second-order valence-electron chi connectivity index (χ2n) is 4.37. The molecule has 1 N–H and O–H groups in total. The first-order valence-corrected chi connectivity index (χ1v) is 6.78. The van der Waals surface area contributed by atoms with E-state index in [9.17, 15) is 0 Å². The van der Waals surface area contributed by atoms with Gasteiger partial charge in [0.05, 0.1) is 0 Å². The van der Waals surface area contributed by atoms with E-state index in [0.717, 1.165) is 29.9 Å². The Kier molecular flexibility index (Phi) is 4.57. The number of likely N-dealkylation sites (tertiary alicyclic amines) is 1. The third-order valence-corrected chi connectivity index (χ3v) is 3.52. The van der Waals surface area contributed by atoms with E-state index in [1.165, 1.54) is 12.8 Å². The number of nitrogens with one attached hydrogen (secondary N) is 1. The van der Waals surface area contributed by atoms with Crippen molar-refractivity contribution in [1.29, 1.82) is 0 Å². The first-order valence-electron chi connectivity index (χ1n) is 5.99. The van der Waals surface area contributed by atoms with Gasteiger partial charge in [0, 0.05) is 36.3 Å². The molecule has 0 aliphatic carbocycles. The zero-order valence-electron chi connectivity index (χ0n) is 9.90. The van der Waals surface area contributed by atoms with Gasteiger partial charge < -0.3 is 5.32 Å². The summed E-state index contributed by atoms with van der Waals surface area (Å²) in [5, 5.41) is 3.49. The highest BCUT2D eigenvalue weighted by molar-refractivity contribution is 9.10. The summed E-state index contributed by atoms with van der Waals surface area (Å²) in [6.45, 7) is 7.06. The van der Waals surface area contributed by atoms with E-state index in [0.29, 0.717) is 6.04 Å². The summed E-state index contributed by atoms with van der Waals surface area (Å²) in [7, 11) is 0. The summed E-state index contributed by atoms with van der Waals surface area (Å²) in [5.41, 5.74) is 0. The molecule has 1 saturated heterocycles. The molecule has 0 aromatic carbocycles. The number of aromatic nitrogens is 1. The molecule has 0 spiro atoms. The van der Waals surface area contributed by atoms with Crippen molar-refractivity contribution in [1.82, 2.24) is 9.88 Å². The van der Waals surface area contributed by atoms with Crippen LogP contribution < -0.4 is 5.32 Å². The average Bonchev–Trinajstić information content (AvgIpc) is 2.35. The summed E-state index contributed by atoms with van der Waals surface area (Å²) in [6, 6.07) is 4.58. The summed E-state index contributed by atoms with van der Waals surface area (Å²) >= 11 is 3.39. The predicted molar refractivity (Wildman–Crippen MR) is 75.2 cm³/mol. The Morgan fingerprint density at radius 2 is 2.24 bits per heavy atom. The average molecular weight is 296 g/mol. The third-order valence-electron chi connectivity index (χ3n) is 3.05. The molecular formula is C13H18BrN3. The van der Waals surface area contributed by atoms with Crippen molar-refractivity contribution >= 4 is 21.7 Å². The van der Waals surface area contributed by atoms with E-state index in [4.69, 9.17) is 0 Å². The molecule has 1 fully saturated rings. The summed E-state index contributed by atoms with van der Waals surface area (Å²) in [5.74, 6) is 0.968. The van der Waals surface area contributed by atoms with E-state index >= 15 is 0 Å². The molecule has 0 unspecified atom stereocenters. The SMILES string of the molecule is C=CCN1CCC(Nc2ccc(Br)cn2)CC1. The monoisotopic (exact) mass is 295 g/mol. The lowest BCUT2D eigenvalue weighted by Gasteiger charge is -2.31. The summed E-state index contributed by atoms with van der Waals surface area (Å²) in [4.78, 5) is 6.77. The maximum Gasteiger partial charge on any atom is 0.126 e. The van der Waals surface area contributed by atoms with E-state index in [1.807, 2.05) is 24.4 Å². The van der Waals surface area contributed by atoms with Gasteiger partial charge in [-0.05, 0) is 40.9 Å². The molecule has 2 rings (SSSR count). The number of nitrogens with zero attached hydrogens (tertiary/aromatic N) is 2. The molecule has 1 aliphatic rings. The molecular weight excluding hydrogens is 278 g/mol. The van der Waals surface area contributed by atoms with Gasteiger partial charge in [0.15, 0.2) is 0 Å². The molecule has 1 aromatic rings. The van der Waals surface area contributed by atoms with Crippen LogP contribution in [0.3, 0.4) is 0 Å². The van der Waals surface area contributed by atoms with Gasteiger partial charge in [-0.25, -0.2) is 4.98 Å². The first kappa shape index (κ1) is 12.6. The van der Waals surface area contributed by atoms with Gasteiger partial charge in [0.2, 0.25) is 0 Å². The van der Waals surface area contributed by atoms with Crippen LogP contribution in [-0.2, 0) is 0 Å². The lowest BCUT2D eigenvalue weighted by molar-refractivity contribution is 0.240. The minimum Gasteiger partial charge on any atom is -0.367 e. The molecule has 0 atom stereocenters. The van der Waals surface area contributed by atoms with Crippen LogP contribution in [0, 0.1) is 0 Å². The van der Waals surface area contributed by atoms with Gasteiger partial charge in [0.25, 0.3) is 0 Å². The number of anilines is 1. The number of halogens is 1. The number of rotatable bonds is 4. The van der Waals surface area contributed by atoms with E-state index < -0.39 is 0 Å². The number of hydrogen-bond acceptors (Lipinski definition) is 3. The van der Waals surface area contributed by atoms with Gasteiger partial charge >= 0.3 is 0 Å². The minimum atomic E-state index is 0.546. The van der Waals surface area contributed by atoms with Crippen LogP contribution in [-0.4, -0.2) is 35.6 Å². The standard InChI is InChI=1S/C13H18BrN3/c1-2-7-17-8-5-12(6-9-17)16-13-4-3-11(14)10-15-13/h2-4,10,12H,1,5-9H2,(H,15,16). The maximum atomic E-state index is 4.34. The molecule has 0 amide bonds. The van der Waals surface area contributed by atoms with Gasteiger partial charge in [-0.15, -0.1) is 6.58 Å². The van der Waals surface area contributed by atoms with Gasteiger partial charge in [-0.2, -0.15) is 0 Å². The molecule has 0 radical (unpaired) electrons. The van der Waals surface area contributed by atoms with Crippen molar-refractivity contribution in [3.63, 3.8) is 0 Å². The van der Waals surface area contributed by atoms with Crippen molar-refractivity contribution < 1.29 is 0 Å². The molecule has 17 heavy (non-hydrogen) atoms. The third kappa shape index (κ3) is 3.82. The summed E-state index contributed by atoms with van der Waals surface area (Å²) in [6.07, 6.45) is 6.15. The van der Waals surface area contributed by atoms with Crippen molar-refractivity contribution in [2.24, 2.45) is 0 Å². The second-order valence-corrected chi connectivity index (χ2v) is 5.29. The fourth-order valence-corrected chi connectivity index (χ4v) is 2.35. The highest BCUT2D eigenvalue weighted by atomic mass is 79.9. The molecule has 1 aromatic heterocycles. The van der Waals surface area contributed by atoms with Crippen LogP contribution in [0.15, 0.2) is 35.5 Å². The van der Waals surface area contributed by atoms with Gasteiger partial charge in [0.1, 0.15) is 5.82 Å². The highest BCUT2D eigenvalue weighted by Gasteiger charge is 2.18. The second kappa shape index (κ2) is 6.17. The van der Waals surface area contributed by atoms with Crippen molar-refractivity contribution in [3.05, 3.63) is 35.5 Å². The Morgan fingerprint density at radius 3 is 2.82 bits per heavy atom. The maximum absolute atomic E-state index is 4.34. The van der Waals surface area contributed by atoms with Crippen LogP contribution >= 0.6 is 15.9 Å². The van der Waals surface area contributed by atoms with Gasteiger partial charge in [-0.3, -0.25) is 4.90 Å². The normalized spacial score (nSPS) is 17.9. The first-order chi connectivity index (χ1) is 8.28. The highest BCUT2D eigenvalue weighted by Crippen LogP contribution is 2.16. The number of piperidine rings is 1. The molecule has 3 nitrogen and oxygen atoms in total. The fourth-order valence-electron chi connectivity index (χ4n) is 2.11. The Balaban J connectivity index is 1.81. The quantitative estimate of drug-likeness (QED) is 0.866. The Hall–Kier alpha value is -0.870. The molecule has 2 heterocycles. The lowest BCUT2D eigenvalue weighted by atomic mass is 10.1. The summed E-state index contributed by atoms with van der Waals surface area (Å²) < 4.78 is 1.02. The number of hydrogen-bond donors (Lipinski definition) is 1. The molecule has 0 saturated carbocycles. The van der Waals surface area contributed by atoms with Crippen LogP contribution in [0.4, 0.5) is 5.82 Å². The predicted octanol–water partition coefficient (Wildman–Crippen LogP) is 2.91. The Morgan fingerprint density at radius 1 is 1.47 bits per heavy atom. The Bertz CT molecular complexity index is 355. The van der Waals surface area contributed by atoms with Crippen LogP contribution in [0.2, 0.25) is 0 Å². The zero-order valence-corrected chi connectivity index (χ0v) is 11.5. The van der Waals surface area contributed by atoms with Crippen LogP contribution in [0.5, 0.6) is 0 Å². The zero-order chi connectivity index (χ0) is 12.1. The number of pyridine rings is 1.